The van der Waals surface area contributed by atoms with Gasteiger partial charge in [0.25, 0.3) is 0 Å². The van der Waals surface area contributed by atoms with Crippen LogP contribution >= 0.6 is 0 Å². The number of aliphatic imine (C=N–C) groups is 1. The maximum absolute atomic E-state index is 8.69. The van der Waals surface area contributed by atoms with Crippen molar-refractivity contribution in [3.8, 4) is 17.6 Å². The summed E-state index contributed by atoms with van der Waals surface area (Å²) in [7, 11) is 0. The summed E-state index contributed by atoms with van der Waals surface area (Å²) >= 11 is 0. The monoisotopic (exact) mass is 277 g/mol. The highest BCUT2D eigenvalue weighted by molar-refractivity contribution is 6.04. The third-order valence-corrected chi connectivity index (χ3v) is 3.27. The summed E-state index contributed by atoms with van der Waals surface area (Å²) in [6, 6.07) is 13.8. The van der Waals surface area contributed by atoms with Gasteiger partial charge in [-0.2, -0.15) is 0 Å². The second-order valence-corrected chi connectivity index (χ2v) is 4.86. The van der Waals surface area contributed by atoms with Gasteiger partial charge in [-0.3, -0.25) is 0 Å². The summed E-state index contributed by atoms with van der Waals surface area (Å²) in [4.78, 5) is 4.66. The molecule has 0 atom stereocenters. The molecule has 104 valence electrons. The molecule has 0 spiro atoms. The molecule has 2 aromatic rings. The number of hydrogen-bond donors (Lipinski definition) is 1. The number of benzene rings is 2. The predicted octanol–water partition coefficient (Wildman–Crippen LogP) is 2.85. The van der Waals surface area contributed by atoms with Crippen molar-refractivity contribution in [3.63, 3.8) is 0 Å². The maximum atomic E-state index is 8.69. The largest absolute Gasteiger partial charge is 0.485 e. The summed E-state index contributed by atoms with van der Waals surface area (Å²) in [5, 5.41) is 8.69. The van der Waals surface area contributed by atoms with E-state index in [-0.39, 0.29) is 6.61 Å². The normalized spacial score (nSPS) is 12.6. The lowest BCUT2D eigenvalue weighted by molar-refractivity contribution is 0.350. The zero-order valence-electron chi connectivity index (χ0n) is 11.8. The van der Waals surface area contributed by atoms with Crippen molar-refractivity contribution < 1.29 is 9.84 Å². The molecule has 0 fully saturated rings. The Hall–Kier alpha value is -2.57. The molecule has 0 amide bonds. The zero-order chi connectivity index (χ0) is 14.7. The van der Waals surface area contributed by atoms with Crippen molar-refractivity contribution >= 4 is 11.4 Å². The van der Waals surface area contributed by atoms with Gasteiger partial charge in [0, 0.05) is 5.56 Å². The number of hydrogen-bond acceptors (Lipinski definition) is 3. The van der Waals surface area contributed by atoms with Crippen LogP contribution in [0.1, 0.15) is 16.7 Å². The van der Waals surface area contributed by atoms with Crippen molar-refractivity contribution in [1.29, 1.82) is 0 Å². The van der Waals surface area contributed by atoms with E-state index in [1.165, 1.54) is 5.56 Å². The van der Waals surface area contributed by atoms with Crippen LogP contribution in [-0.2, 0) is 0 Å². The van der Waals surface area contributed by atoms with E-state index in [1.54, 1.807) is 0 Å². The van der Waals surface area contributed by atoms with Crippen molar-refractivity contribution in [3.05, 3.63) is 59.2 Å². The number of nitrogens with zero attached hydrogens (tertiary/aromatic N) is 1. The lowest BCUT2D eigenvalue weighted by Gasteiger charge is -2.17. The molecule has 3 heteroatoms. The topological polar surface area (TPSA) is 41.8 Å². The minimum Gasteiger partial charge on any atom is -0.485 e. The van der Waals surface area contributed by atoms with Crippen LogP contribution in [0.2, 0.25) is 0 Å². The molecule has 0 bridgehead atoms. The van der Waals surface area contributed by atoms with E-state index in [9.17, 15) is 0 Å². The van der Waals surface area contributed by atoms with E-state index in [0.29, 0.717) is 6.61 Å². The SMILES string of the molecule is Cc1ccc2c(c1)OCC(c1ccc(C#CCO)cc1)=N2. The molecule has 1 aliphatic heterocycles. The van der Waals surface area contributed by atoms with Crippen LogP contribution in [0.5, 0.6) is 5.75 Å². The lowest BCUT2D eigenvalue weighted by Crippen LogP contribution is -2.16. The molecule has 21 heavy (non-hydrogen) atoms. The molecular formula is C18H15NO2. The van der Waals surface area contributed by atoms with Crippen LogP contribution in [0, 0.1) is 18.8 Å². The van der Waals surface area contributed by atoms with E-state index < -0.39 is 0 Å². The highest BCUT2D eigenvalue weighted by atomic mass is 16.5. The van der Waals surface area contributed by atoms with Gasteiger partial charge in [0.2, 0.25) is 0 Å². The minimum atomic E-state index is -0.126. The fraction of sp³-hybridized carbons (Fsp3) is 0.167. The first-order valence-corrected chi connectivity index (χ1v) is 6.77. The fourth-order valence-corrected chi connectivity index (χ4v) is 2.19. The summed E-state index contributed by atoms with van der Waals surface area (Å²) in [6.45, 7) is 2.38. The third kappa shape index (κ3) is 2.96. The first kappa shape index (κ1) is 13.4. The van der Waals surface area contributed by atoms with Gasteiger partial charge in [0.05, 0.1) is 5.71 Å². The van der Waals surface area contributed by atoms with E-state index in [4.69, 9.17) is 9.84 Å². The van der Waals surface area contributed by atoms with Crippen LogP contribution in [0.3, 0.4) is 0 Å². The Labute approximate surface area is 123 Å². The lowest BCUT2D eigenvalue weighted by atomic mass is 10.1. The van der Waals surface area contributed by atoms with Crippen molar-refractivity contribution in [2.75, 3.05) is 13.2 Å². The molecule has 1 heterocycles. The number of ether oxygens (including phenoxy) is 1. The standard InChI is InChI=1S/C18H15NO2/c1-13-4-9-16-18(11-13)21-12-17(19-16)15-7-5-14(6-8-15)3-2-10-20/h4-9,11,20H,10,12H2,1H3. The van der Waals surface area contributed by atoms with Crippen molar-refractivity contribution in [1.82, 2.24) is 0 Å². The summed E-state index contributed by atoms with van der Waals surface area (Å²) < 4.78 is 5.77. The van der Waals surface area contributed by atoms with Gasteiger partial charge in [-0.25, -0.2) is 4.99 Å². The van der Waals surface area contributed by atoms with Crippen LogP contribution in [0.15, 0.2) is 47.5 Å². The molecule has 1 aliphatic rings. The van der Waals surface area contributed by atoms with Gasteiger partial charge in [0.15, 0.2) is 0 Å². The second kappa shape index (κ2) is 5.82. The maximum Gasteiger partial charge on any atom is 0.145 e. The Kier molecular flexibility index (Phi) is 3.72. The van der Waals surface area contributed by atoms with Gasteiger partial charge >= 0.3 is 0 Å². The van der Waals surface area contributed by atoms with Crippen molar-refractivity contribution in [2.45, 2.75) is 6.92 Å². The molecule has 0 radical (unpaired) electrons. The molecule has 0 saturated heterocycles. The van der Waals surface area contributed by atoms with Crippen LogP contribution < -0.4 is 4.74 Å². The van der Waals surface area contributed by atoms with Crippen LogP contribution in [0.25, 0.3) is 0 Å². The molecule has 2 aromatic carbocycles. The molecule has 0 aromatic heterocycles. The number of aliphatic hydroxyl groups excluding tert-OH is 1. The van der Waals surface area contributed by atoms with E-state index in [1.807, 2.05) is 49.4 Å². The average Bonchev–Trinajstić information content (AvgIpc) is 2.53. The minimum absolute atomic E-state index is 0.126. The summed E-state index contributed by atoms with van der Waals surface area (Å²) in [5.41, 5.74) is 4.84. The van der Waals surface area contributed by atoms with Crippen LogP contribution in [0.4, 0.5) is 5.69 Å². The van der Waals surface area contributed by atoms with Gasteiger partial charge in [-0.1, -0.05) is 30.0 Å². The molecule has 1 N–H and O–H groups in total. The molecule has 0 saturated carbocycles. The predicted molar refractivity (Wildman–Crippen MR) is 83.3 cm³/mol. The quantitative estimate of drug-likeness (QED) is 0.814. The Morgan fingerprint density at radius 2 is 2.00 bits per heavy atom. The summed E-state index contributed by atoms with van der Waals surface area (Å²) in [5.74, 6) is 6.34. The number of fused-ring (bicyclic) bond motifs is 1. The average molecular weight is 277 g/mol. The Morgan fingerprint density at radius 1 is 1.19 bits per heavy atom. The van der Waals surface area contributed by atoms with Gasteiger partial charge < -0.3 is 9.84 Å². The fourth-order valence-electron chi connectivity index (χ4n) is 2.19. The van der Waals surface area contributed by atoms with E-state index in [0.717, 1.165) is 28.3 Å². The van der Waals surface area contributed by atoms with Crippen molar-refractivity contribution in [2.24, 2.45) is 4.99 Å². The summed E-state index contributed by atoms with van der Waals surface area (Å²) in [6.07, 6.45) is 0. The first-order valence-electron chi connectivity index (χ1n) is 6.77. The van der Waals surface area contributed by atoms with Gasteiger partial charge in [0.1, 0.15) is 24.7 Å². The number of aryl methyl sites for hydroxylation is 1. The van der Waals surface area contributed by atoms with E-state index >= 15 is 0 Å². The highest BCUT2D eigenvalue weighted by Gasteiger charge is 2.14. The molecule has 3 rings (SSSR count). The molecule has 3 nitrogen and oxygen atoms in total. The van der Waals surface area contributed by atoms with Gasteiger partial charge in [-0.05, 0) is 42.3 Å². The number of aliphatic hydroxyl groups is 1. The second-order valence-electron chi connectivity index (χ2n) is 4.86. The molecular weight excluding hydrogens is 262 g/mol. The molecule has 0 unspecified atom stereocenters. The Bertz CT molecular complexity index is 749. The Morgan fingerprint density at radius 3 is 2.76 bits per heavy atom. The first-order chi connectivity index (χ1) is 10.3. The number of rotatable bonds is 1. The van der Waals surface area contributed by atoms with Gasteiger partial charge in [-0.15, -0.1) is 0 Å². The Balaban J connectivity index is 1.89. The zero-order valence-corrected chi connectivity index (χ0v) is 11.8. The van der Waals surface area contributed by atoms with E-state index in [2.05, 4.69) is 16.8 Å². The highest BCUT2D eigenvalue weighted by Crippen LogP contribution is 2.32. The molecule has 0 aliphatic carbocycles. The smallest absolute Gasteiger partial charge is 0.145 e. The third-order valence-electron chi connectivity index (χ3n) is 3.27. The van der Waals surface area contributed by atoms with Crippen LogP contribution in [-0.4, -0.2) is 24.0 Å².